The third-order valence-electron chi connectivity index (χ3n) is 4.02. The summed E-state index contributed by atoms with van der Waals surface area (Å²) in [5.74, 6) is -0.582. The minimum atomic E-state index is -0.582. The number of nitro groups is 1. The number of non-ortho nitro benzene ring substituents is 1. The molecule has 5 heteroatoms. The van der Waals surface area contributed by atoms with Crippen molar-refractivity contribution in [2.45, 2.75) is 53.0 Å². The molecular formula is C16H23FN2O2. The van der Waals surface area contributed by atoms with Crippen LogP contribution in [0.3, 0.4) is 0 Å². The zero-order valence-electron chi connectivity index (χ0n) is 13.1. The molecule has 0 atom stereocenters. The van der Waals surface area contributed by atoms with Gasteiger partial charge in [-0.25, -0.2) is 4.39 Å². The Morgan fingerprint density at radius 1 is 1.19 bits per heavy atom. The van der Waals surface area contributed by atoms with Gasteiger partial charge in [-0.1, -0.05) is 27.7 Å². The van der Waals surface area contributed by atoms with E-state index in [0.717, 1.165) is 25.3 Å². The van der Waals surface area contributed by atoms with Crippen molar-refractivity contribution in [1.29, 1.82) is 0 Å². The molecule has 0 amide bonds. The van der Waals surface area contributed by atoms with Crippen LogP contribution >= 0.6 is 0 Å². The second-order valence-electron chi connectivity index (χ2n) is 7.71. The Morgan fingerprint density at radius 2 is 1.76 bits per heavy atom. The van der Waals surface area contributed by atoms with Crippen molar-refractivity contribution in [3.8, 4) is 0 Å². The van der Waals surface area contributed by atoms with Gasteiger partial charge in [-0.2, -0.15) is 0 Å². The summed E-state index contributed by atoms with van der Waals surface area (Å²) in [6, 6.07) is 3.87. The quantitative estimate of drug-likeness (QED) is 0.646. The normalized spacial score (nSPS) is 21.0. The number of halogens is 1. The zero-order valence-corrected chi connectivity index (χ0v) is 13.1. The first-order valence-corrected chi connectivity index (χ1v) is 7.28. The van der Waals surface area contributed by atoms with Crippen LogP contribution in [-0.4, -0.2) is 11.0 Å². The topological polar surface area (TPSA) is 55.2 Å². The number of hydrogen-bond acceptors (Lipinski definition) is 3. The minimum absolute atomic E-state index is 0.199. The van der Waals surface area contributed by atoms with Gasteiger partial charge in [0.2, 0.25) is 0 Å². The molecule has 1 aromatic carbocycles. The molecule has 0 heterocycles. The lowest BCUT2D eigenvalue weighted by atomic mass is 9.63. The molecule has 4 nitrogen and oxygen atoms in total. The largest absolute Gasteiger partial charge is 0.382 e. The van der Waals surface area contributed by atoms with Gasteiger partial charge in [0.1, 0.15) is 5.82 Å². The van der Waals surface area contributed by atoms with E-state index < -0.39 is 10.7 Å². The third kappa shape index (κ3) is 4.16. The molecular weight excluding hydrogens is 271 g/mol. The SMILES string of the molecule is CC1(C)CC(Nc2cc(F)cc([N+](=O)[O-])c2)CC(C)(C)C1. The summed E-state index contributed by atoms with van der Waals surface area (Å²) >= 11 is 0. The lowest BCUT2D eigenvalue weighted by Crippen LogP contribution is -2.40. The summed E-state index contributed by atoms with van der Waals surface area (Å²) in [6.07, 6.45) is 3.09. The first kappa shape index (κ1) is 15.7. The van der Waals surface area contributed by atoms with Crippen molar-refractivity contribution in [2.24, 2.45) is 10.8 Å². The number of nitro benzene ring substituents is 1. The second kappa shape index (κ2) is 5.28. The highest BCUT2D eigenvalue weighted by Crippen LogP contribution is 2.46. The van der Waals surface area contributed by atoms with Gasteiger partial charge >= 0.3 is 0 Å². The molecule has 0 aromatic heterocycles. The predicted molar refractivity (Wildman–Crippen MR) is 81.9 cm³/mol. The molecule has 0 bridgehead atoms. The maximum Gasteiger partial charge on any atom is 0.274 e. The van der Waals surface area contributed by atoms with Crippen molar-refractivity contribution in [2.75, 3.05) is 5.32 Å². The van der Waals surface area contributed by atoms with Gasteiger partial charge < -0.3 is 5.32 Å². The molecule has 1 aromatic rings. The Hall–Kier alpha value is -1.65. The molecule has 0 saturated heterocycles. The zero-order chi connectivity index (χ0) is 15.8. The average Bonchev–Trinajstić information content (AvgIpc) is 2.22. The number of hydrogen-bond donors (Lipinski definition) is 1. The number of benzene rings is 1. The Kier molecular flexibility index (Phi) is 3.95. The molecule has 0 unspecified atom stereocenters. The van der Waals surface area contributed by atoms with E-state index in [2.05, 4.69) is 33.0 Å². The molecule has 116 valence electrons. The van der Waals surface area contributed by atoms with Gasteiger partial charge in [0, 0.05) is 17.8 Å². The van der Waals surface area contributed by atoms with Gasteiger partial charge in [-0.3, -0.25) is 10.1 Å². The highest BCUT2D eigenvalue weighted by molar-refractivity contribution is 5.52. The maximum atomic E-state index is 13.5. The highest BCUT2D eigenvalue weighted by Gasteiger charge is 2.38. The second-order valence-corrected chi connectivity index (χ2v) is 7.71. The molecule has 0 aliphatic heterocycles. The van der Waals surface area contributed by atoms with Crippen LogP contribution in [-0.2, 0) is 0 Å². The first-order chi connectivity index (χ1) is 9.56. The molecule has 0 spiro atoms. The first-order valence-electron chi connectivity index (χ1n) is 7.28. The summed E-state index contributed by atoms with van der Waals surface area (Å²) in [5, 5.41) is 14.1. The van der Waals surface area contributed by atoms with E-state index in [9.17, 15) is 14.5 Å². The molecule has 1 N–H and O–H groups in total. The molecule has 1 aliphatic carbocycles. The average molecular weight is 294 g/mol. The van der Waals surface area contributed by atoms with Gasteiger partial charge in [0.15, 0.2) is 0 Å². The van der Waals surface area contributed by atoms with Crippen LogP contribution in [0.25, 0.3) is 0 Å². The van der Waals surface area contributed by atoms with E-state index in [1.165, 1.54) is 12.1 Å². The van der Waals surface area contributed by atoms with Crippen LogP contribution < -0.4 is 5.32 Å². The predicted octanol–water partition coefficient (Wildman–Crippen LogP) is 4.75. The third-order valence-corrected chi connectivity index (χ3v) is 4.02. The van der Waals surface area contributed by atoms with E-state index in [1.54, 1.807) is 0 Å². The van der Waals surface area contributed by atoms with Crippen molar-refractivity contribution in [1.82, 2.24) is 0 Å². The lowest BCUT2D eigenvalue weighted by Gasteiger charge is -2.45. The summed E-state index contributed by atoms with van der Waals surface area (Å²) < 4.78 is 13.5. The number of nitrogens with one attached hydrogen (secondary N) is 1. The van der Waals surface area contributed by atoms with E-state index in [-0.39, 0.29) is 22.6 Å². The lowest BCUT2D eigenvalue weighted by molar-refractivity contribution is -0.385. The number of rotatable bonds is 3. The fraction of sp³-hybridized carbons (Fsp3) is 0.625. The summed E-state index contributed by atoms with van der Waals surface area (Å²) in [5.41, 5.74) is 0.684. The Morgan fingerprint density at radius 3 is 2.29 bits per heavy atom. The van der Waals surface area contributed by atoms with Crippen molar-refractivity contribution >= 4 is 11.4 Å². The molecule has 21 heavy (non-hydrogen) atoms. The van der Waals surface area contributed by atoms with Crippen LogP contribution in [0.1, 0.15) is 47.0 Å². The van der Waals surface area contributed by atoms with Crippen LogP contribution in [0.15, 0.2) is 18.2 Å². The minimum Gasteiger partial charge on any atom is -0.382 e. The maximum absolute atomic E-state index is 13.5. The van der Waals surface area contributed by atoms with Gasteiger partial charge in [-0.15, -0.1) is 0 Å². The molecule has 0 radical (unpaired) electrons. The summed E-state index contributed by atoms with van der Waals surface area (Å²) in [4.78, 5) is 10.2. The fourth-order valence-corrected chi connectivity index (χ4v) is 3.95. The van der Waals surface area contributed by atoms with E-state index >= 15 is 0 Å². The van der Waals surface area contributed by atoms with Crippen molar-refractivity contribution in [3.05, 3.63) is 34.1 Å². The monoisotopic (exact) mass is 294 g/mol. The fourth-order valence-electron chi connectivity index (χ4n) is 3.95. The van der Waals surface area contributed by atoms with E-state index in [1.807, 2.05) is 0 Å². The highest BCUT2D eigenvalue weighted by atomic mass is 19.1. The van der Waals surface area contributed by atoms with Gasteiger partial charge in [0.05, 0.1) is 11.0 Å². The van der Waals surface area contributed by atoms with Crippen molar-refractivity contribution in [3.63, 3.8) is 0 Å². The summed E-state index contributed by atoms with van der Waals surface area (Å²) in [7, 11) is 0. The van der Waals surface area contributed by atoms with Crippen LogP contribution in [0.5, 0.6) is 0 Å². The number of nitrogens with zero attached hydrogens (tertiary/aromatic N) is 1. The molecule has 2 rings (SSSR count). The molecule has 1 fully saturated rings. The van der Waals surface area contributed by atoms with Crippen molar-refractivity contribution < 1.29 is 9.31 Å². The van der Waals surface area contributed by atoms with Gasteiger partial charge in [-0.05, 0) is 36.2 Å². The Labute approximate surface area is 124 Å². The molecule has 1 aliphatic rings. The standard InChI is InChI=1S/C16H23FN2O2/c1-15(2)8-13(9-16(3,4)10-15)18-12-5-11(17)6-14(7-12)19(20)21/h5-7,13,18H,8-10H2,1-4H3. The van der Waals surface area contributed by atoms with E-state index in [0.29, 0.717) is 5.69 Å². The van der Waals surface area contributed by atoms with Crippen LogP contribution in [0.2, 0.25) is 0 Å². The Balaban J connectivity index is 2.19. The number of anilines is 1. The van der Waals surface area contributed by atoms with Crippen LogP contribution in [0.4, 0.5) is 15.8 Å². The van der Waals surface area contributed by atoms with Crippen LogP contribution in [0, 0.1) is 26.8 Å². The van der Waals surface area contributed by atoms with Gasteiger partial charge in [0.25, 0.3) is 5.69 Å². The molecule has 1 saturated carbocycles. The smallest absolute Gasteiger partial charge is 0.274 e. The van der Waals surface area contributed by atoms with E-state index in [4.69, 9.17) is 0 Å². The Bertz CT molecular complexity index is 539. The summed E-state index contributed by atoms with van der Waals surface area (Å²) in [6.45, 7) is 8.93.